The summed E-state index contributed by atoms with van der Waals surface area (Å²) in [5.74, 6) is 0.194. The van der Waals surface area contributed by atoms with E-state index >= 15 is 0 Å². The minimum absolute atomic E-state index is 0.0525. The summed E-state index contributed by atoms with van der Waals surface area (Å²) in [7, 11) is 3.27. The highest BCUT2D eigenvalue weighted by Crippen LogP contribution is 2.23. The third kappa shape index (κ3) is 5.58. The Balaban J connectivity index is 1.54. The van der Waals surface area contributed by atoms with Gasteiger partial charge >= 0.3 is 5.97 Å². The van der Waals surface area contributed by atoms with Gasteiger partial charge in [0.2, 0.25) is 0 Å². The molecule has 7 nitrogen and oxygen atoms in total. The van der Waals surface area contributed by atoms with Crippen LogP contribution in [-0.2, 0) is 27.8 Å². The van der Waals surface area contributed by atoms with Crippen molar-refractivity contribution in [3.63, 3.8) is 0 Å². The zero-order chi connectivity index (χ0) is 20.8. The second-order valence-corrected chi connectivity index (χ2v) is 6.72. The average molecular weight is 414 g/mol. The van der Waals surface area contributed by atoms with Gasteiger partial charge in [0.1, 0.15) is 11.6 Å². The van der Waals surface area contributed by atoms with Gasteiger partial charge in [0.05, 0.1) is 19.2 Å². The molecule has 1 N–H and O–H groups in total. The number of benzene rings is 2. The van der Waals surface area contributed by atoms with Crippen molar-refractivity contribution in [3.05, 3.63) is 65.2 Å². The van der Waals surface area contributed by atoms with Crippen LogP contribution in [0.5, 0.6) is 5.75 Å². The molecule has 3 rings (SSSR count). The summed E-state index contributed by atoms with van der Waals surface area (Å²) in [6, 6.07) is 16.1. The molecule has 0 bridgehead atoms. The van der Waals surface area contributed by atoms with Gasteiger partial charge in [-0.05, 0) is 29.8 Å². The maximum absolute atomic E-state index is 12.1. The quantitative estimate of drug-likeness (QED) is 0.600. The molecule has 0 aliphatic heterocycles. The largest absolute Gasteiger partial charge is 0.497 e. The van der Waals surface area contributed by atoms with E-state index in [4.69, 9.17) is 21.1 Å². The molecule has 150 valence electrons. The van der Waals surface area contributed by atoms with Crippen LogP contribution in [0.2, 0.25) is 5.02 Å². The smallest absolute Gasteiger partial charge is 0.310 e. The summed E-state index contributed by atoms with van der Waals surface area (Å²) in [6.07, 6.45) is 0.0525. The van der Waals surface area contributed by atoms with E-state index in [0.717, 1.165) is 11.1 Å². The standard InChI is InChI=1S/C21H20ClN3O4/c1-25-19(12-18(24-25)15-6-8-16(22)9-7-15)23-20(26)13-29-21(27)11-14-4-3-5-17(10-14)28-2/h3-10,12H,11,13H2,1-2H3,(H,23,26). The van der Waals surface area contributed by atoms with Gasteiger partial charge in [0.15, 0.2) is 6.61 Å². The van der Waals surface area contributed by atoms with E-state index in [9.17, 15) is 9.59 Å². The van der Waals surface area contributed by atoms with E-state index in [1.807, 2.05) is 12.1 Å². The lowest BCUT2D eigenvalue weighted by Gasteiger charge is -2.07. The van der Waals surface area contributed by atoms with Crippen molar-refractivity contribution in [2.75, 3.05) is 19.0 Å². The van der Waals surface area contributed by atoms with E-state index < -0.39 is 11.9 Å². The number of hydrogen-bond acceptors (Lipinski definition) is 5. The van der Waals surface area contributed by atoms with Gasteiger partial charge in [0.25, 0.3) is 5.91 Å². The Morgan fingerprint density at radius 3 is 2.62 bits per heavy atom. The molecule has 0 saturated carbocycles. The number of carbonyl (C=O) groups excluding carboxylic acids is 2. The first-order valence-corrected chi connectivity index (χ1v) is 9.21. The number of esters is 1. The number of nitrogens with zero attached hydrogens (tertiary/aromatic N) is 2. The minimum Gasteiger partial charge on any atom is -0.497 e. The minimum atomic E-state index is -0.500. The fourth-order valence-corrected chi connectivity index (χ4v) is 2.80. The van der Waals surface area contributed by atoms with Gasteiger partial charge in [0, 0.05) is 23.7 Å². The van der Waals surface area contributed by atoms with E-state index in [2.05, 4.69) is 10.4 Å². The molecule has 1 amide bonds. The first-order chi connectivity index (χ1) is 13.9. The third-order valence-electron chi connectivity index (χ3n) is 4.13. The second kappa shape index (κ2) is 9.25. The van der Waals surface area contributed by atoms with Gasteiger partial charge in [-0.3, -0.25) is 14.3 Å². The van der Waals surface area contributed by atoms with E-state index in [1.54, 1.807) is 61.3 Å². The van der Waals surface area contributed by atoms with Crippen molar-refractivity contribution < 1.29 is 19.1 Å². The van der Waals surface area contributed by atoms with E-state index in [-0.39, 0.29) is 13.0 Å². The molecule has 0 unspecified atom stereocenters. The summed E-state index contributed by atoms with van der Waals surface area (Å²) in [4.78, 5) is 24.1. The van der Waals surface area contributed by atoms with Crippen molar-refractivity contribution >= 4 is 29.3 Å². The Kier molecular flexibility index (Phi) is 6.51. The van der Waals surface area contributed by atoms with E-state index in [1.165, 1.54) is 0 Å². The normalized spacial score (nSPS) is 10.4. The second-order valence-electron chi connectivity index (χ2n) is 6.28. The molecule has 0 fully saturated rings. The van der Waals surface area contributed by atoms with Crippen LogP contribution in [0.1, 0.15) is 5.56 Å². The van der Waals surface area contributed by atoms with Gasteiger partial charge in [-0.25, -0.2) is 0 Å². The molecule has 8 heteroatoms. The van der Waals surface area contributed by atoms with Crippen LogP contribution < -0.4 is 10.1 Å². The molecule has 0 spiro atoms. The number of methoxy groups -OCH3 is 1. The predicted octanol–water partition coefficient (Wildman–Crippen LogP) is 3.47. The van der Waals surface area contributed by atoms with Gasteiger partial charge in [-0.1, -0.05) is 35.9 Å². The monoisotopic (exact) mass is 413 g/mol. The molecule has 0 radical (unpaired) electrons. The van der Waals surface area contributed by atoms with Crippen LogP contribution in [0.25, 0.3) is 11.3 Å². The van der Waals surface area contributed by atoms with Gasteiger partial charge < -0.3 is 14.8 Å². The van der Waals surface area contributed by atoms with Crippen LogP contribution in [0, 0.1) is 0 Å². The predicted molar refractivity (Wildman–Crippen MR) is 110 cm³/mol. The maximum Gasteiger partial charge on any atom is 0.310 e. The molecule has 0 aliphatic carbocycles. The fraction of sp³-hybridized carbons (Fsp3) is 0.190. The lowest BCUT2D eigenvalue weighted by molar-refractivity contribution is -0.146. The molecule has 0 saturated heterocycles. The number of rotatable bonds is 7. The first-order valence-electron chi connectivity index (χ1n) is 8.83. The number of nitrogens with one attached hydrogen (secondary N) is 1. The molecule has 0 atom stereocenters. The Bertz CT molecular complexity index is 1020. The van der Waals surface area contributed by atoms with Gasteiger partial charge in [-0.2, -0.15) is 5.10 Å². The zero-order valence-corrected chi connectivity index (χ0v) is 16.8. The highest BCUT2D eigenvalue weighted by Gasteiger charge is 2.13. The molecule has 0 aliphatic rings. The first kappa shape index (κ1) is 20.4. The number of anilines is 1. The third-order valence-corrected chi connectivity index (χ3v) is 4.39. The molecule has 1 heterocycles. The highest BCUT2D eigenvalue weighted by molar-refractivity contribution is 6.30. The topological polar surface area (TPSA) is 82.4 Å². The number of amides is 1. The Labute approximate surface area is 173 Å². The lowest BCUT2D eigenvalue weighted by atomic mass is 10.1. The molecule has 29 heavy (non-hydrogen) atoms. The van der Waals surface area contributed by atoms with Gasteiger partial charge in [-0.15, -0.1) is 0 Å². The average Bonchev–Trinajstić information content (AvgIpc) is 3.07. The molecular weight excluding hydrogens is 394 g/mol. The fourth-order valence-electron chi connectivity index (χ4n) is 2.67. The number of aryl methyl sites for hydroxylation is 1. The Hall–Kier alpha value is -3.32. The van der Waals surface area contributed by atoms with Crippen molar-refractivity contribution in [2.45, 2.75) is 6.42 Å². The summed E-state index contributed by atoms with van der Waals surface area (Å²) in [5.41, 5.74) is 2.30. The van der Waals surface area contributed by atoms with Crippen molar-refractivity contribution in [1.29, 1.82) is 0 Å². The lowest BCUT2D eigenvalue weighted by Crippen LogP contribution is -2.22. The number of halogens is 1. The van der Waals surface area contributed by atoms with Crippen LogP contribution in [0.3, 0.4) is 0 Å². The zero-order valence-electron chi connectivity index (χ0n) is 16.0. The Morgan fingerprint density at radius 1 is 1.14 bits per heavy atom. The summed E-state index contributed by atoms with van der Waals surface area (Å²) < 4.78 is 11.7. The van der Waals surface area contributed by atoms with Crippen LogP contribution in [-0.4, -0.2) is 35.4 Å². The van der Waals surface area contributed by atoms with Crippen molar-refractivity contribution in [1.82, 2.24) is 9.78 Å². The number of ether oxygens (including phenoxy) is 2. The van der Waals surface area contributed by atoms with Crippen LogP contribution >= 0.6 is 11.6 Å². The molecule has 2 aromatic carbocycles. The molecule has 1 aromatic heterocycles. The molecule has 3 aromatic rings. The number of aromatic nitrogens is 2. The summed E-state index contributed by atoms with van der Waals surface area (Å²) >= 11 is 5.90. The van der Waals surface area contributed by atoms with E-state index in [0.29, 0.717) is 22.3 Å². The Morgan fingerprint density at radius 2 is 1.90 bits per heavy atom. The molecular formula is C21H20ClN3O4. The highest BCUT2D eigenvalue weighted by atomic mass is 35.5. The summed E-state index contributed by atoms with van der Waals surface area (Å²) in [6.45, 7) is -0.385. The number of carbonyl (C=O) groups is 2. The van der Waals surface area contributed by atoms with Crippen LogP contribution in [0.4, 0.5) is 5.82 Å². The van der Waals surface area contributed by atoms with Crippen molar-refractivity contribution in [2.24, 2.45) is 7.05 Å². The van der Waals surface area contributed by atoms with Crippen molar-refractivity contribution in [3.8, 4) is 17.0 Å². The number of hydrogen-bond donors (Lipinski definition) is 1. The van der Waals surface area contributed by atoms with Crippen LogP contribution in [0.15, 0.2) is 54.6 Å². The summed E-state index contributed by atoms with van der Waals surface area (Å²) in [5, 5.41) is 7.69. The maximum atomic E-state index is 12.1. The SMILES string of the molecule is COc1cccc(CC(=O)OCC(=O)Nc2cc(-c3ccc(Cl)cc3)nn2C)c1.